The van der Waals surface area contributed by atoms with Gasteiger partial charge in [0.05, 0.1) is 0 Å². The average molecular weight is 218 g/mol. The van der Waals surface area contributed by atoms with Crippen LogP contribution >= 0.6 is 15.9 Å². The van der Waals surface area contributed by atoms with E-state index in [-0.39, 0.29) is 5.69 Å². The average Bonchev–Trinajstić information content (AvgIpc) is 1.94. The molecule has 0 bridgehead atoms. The first-order chi connectivity index (χ1) is 5.11. The molecular weight excluding hydrogens is 214 g/mol. The number of carbonyl (C=O) groups is 1. The molecule has 0 amide bonds. The molecule has 0 atom stereocenters. The van der Waals surface area contributed by atoms with Crippen LogP contribution < -0.4 is 5.56 Å². The predicted molar refractivity (Wildman–Crippen MR) is 41.7 cm³/mol. The van der Waals surface area contributed by atoms with Crippen LogP contribution in [0, 0.1) is 0 Å². The molecule has 1 aromatic rings. The number of aromatic carboxylic acids is 1. The maximum atomic E-state index is 10.6. The fraction of sp³-hybridized carbons (Fsp3) is 0. The quantitative estimate of drug-likeness (QED) is 0.733. The van der Waals surface area contributed by atoms with E-state index in [4.69, 9.17) is 5.11 Å². The molecule has 2 N–H and O–H groups in total. The van der Waals surface area contributed by atoms with Crippen molar-refractivity contribution in [2.45, 2.75) is 0 Å². The number of hydrogen-bond donors (Lipinski definition) is 2. The fourth-order valence-corrected chi connectivity index (χ4v) is 1.01. The molecule has 0 spiro atoms. The largest absolute Gasteiger partial charge is 0.477 e. The summed E-state index contributed by atoms with van der Waals surface area (Å²) in [6.07, 6.45) is 0. The second kappa shape index (κ2) is 2.87. The number of aromatic nitrogens is 1. The summed E-state index contributed by atoms with van der Waals surface area (Å²) < 4.78 is 0.365. The summed E-state index contributed by atoms with van der Waals surface area (Å²) >= 11 is 2.98. The zero-order valence-electron chi connectivity index (χ0n) is 5.30. The summed E-state index contributed by atoms with van der Waals surface area (Å²) in [7, 11) is 0. The Balaban J connectivity index is 3.35. The van der Waals surface area contributed by atoms with Gasteiger partial charge in [-0.1, -0.05) is 0 Å². The van der Waals surface area contributed by atoms with Crippen LogP contribution in [0.1, 0.15) is 10.5 Å². The Kier molecular flexibility index (Phi) is 2.09. The van der Waals surface area contributed by atoms with Crippen molar-refractivity contribution in [3.05, 3.63) is 32.7 Å². The third kappa shape index (κ3) is 1.68. The molecule has 0 unspecified atom stereocenters. The maximum absolute atomic E-state index is 10.6. The molecule has 1 heterocycles. The number of rotatable bonds is 1. The van der Waals surface area contributed by atoms with Crippen LogP contribution in [0.15, 0.2) is 21.4 Å². The highest BCUT2D eigenvalue weighted by Gasteiger charge is 2.07. The second-order valence-electron chi connectivity index (χ2n) is 1.85. The number of H-pyrrole nitrogens is 1. The number of halogens is 1. The van der Waals surface area contributed by atoms with Gasteiger partial charge in [0.15, 0.2) is 0 Å². The van der Waals surface area contributed by atoms with Gasteiger partial charge in [0.2, 0.25) is 5.56 Å². The highest BCUT2D eigenvalue weighted by molar-refractivity contribution is 9.10. The Morgan fingerprint density at radius 1 is 1.55 bits per heavy atom. The molecule has 4 nitrogen and oxygen atoms in total. The van der Waals surface area contributed by atoms with Crippen molar-refractivity contribution in [2.75, 3.05) is 0 Å². The minimum Gasteiger partial charge on any atom is -0.477 e. The summed E-state index contributed by atoms with van der Waals surface area (Å²) in [6.45, 7) is 0. The van der Waals surface area contributed by atoms with Gasteiger partial charge in [-0.2, -0.15) is 0 Å². The molecule has 1 aromatic heterocycles. The number of nitrogens with one attached hydrogen (secondary N) is 1. The molecule has 0 radical (unpaired) electrons. The second-order valence-corrected chi connectivity index (χ2v) is 2.71. The van der Waals surface area contributed by atoms with Gasteiger partial charge in [-0.3, -0.25) is 4.79 Å². The molecule has 0 aliphatic rings. The lowest BCUT2D eigenvalue weighted by Crippen LogP contribution is -2.11. The molecule has 0 fully saturated rings. The number of carboxylic acid groups (broad SMARTS) is 1. The zero-order valence-corrected chi connectivity index (χ0v) is 6.88. The normalized spacial score (nSPS) is 9.55. The summed E-state index contributed by atoms with van der Waals surface area (Å²) in [5.41, 5.74) is -0.553. The molecule has 0 aliphatic heterocycles. The molecule has 58 valence electrons. The number of hydrogen-bond acceptors (Lipinski definition) is 2. The van der Waals surface area contributed by atoms with Gasteiger partial charge in [-0.25, -0.2) is 4.79 Å². The molecule has 0 aliphatic carbocycles. The minimum absolute atomic E-state index is 0.127. The fourth-order valence-electron chi connectivity index (χ4n) is 0.612. The third-order valence-electron chi connectivity index (χ3n) is 1.08. The van der Waals surface area contributed by atoms with E-state index in [9.17, 15) is 9.59 Å². The minimum atomic E-state index is -1.16. The van der Waals surface area contributed by atoms with E-state index in [0.717, 1.165) is 0 Å². The smallest absolute Gasteiger partial charge is 0.353 e. The number of pyridine rings is 1. The van der Waals surface area contributed by atoms with Gasteiger partial charge in [0, 0.05) is 10.5 Å². The maximum Gasteiger partial charge on any atom is 0.353 e. The summed E-state index contributed by atoms with van der Waals surface area (Å²) in [5, 5.41) is 8.49. The van der Waals surface area contributed by atoms with Crippen LogP contribution in [0.2, 0.25) is 0 Å². The van der Waals surface area contributed by atoms with E-state index >= 15 is 0 Å². The van der Waals surface area contributed by atoms with Gasteiger partial charge in [-0.15, -0.1) is 0 Å². The van der Waals surface area contributed by atoms with Crippen LogP contribution in [0.3, 0.4) is 0 Å². The monoisotopic (exact) mass is 217 g/mol. The Morgan fingerprint density at radius 2 is 2.18 bits per heavy atom. The third-order valence-corrected chi connectivity index (χ3v) is 1.74. The Labute approximate surface area is 70.0 Å². The summed E-state index contributed by atoms with van der Waals surface area (Å²) in [5.74, 6) is -1.16. The number of aromatic amines is 1. The van der Waals surface area contributed by atoms with Gasteiger partial charge >= 0.3 is 5.97 Å². The van der Waals surface area contributed by atoms with E-state index in [1.807, 2.05) is 0 Å². The van der Waals surface area contributed by atoms with Crippen molar-refractivity contribution in [1.29, 1.82) is 0 Å². The van der Waals surface area contributed by atoms with Crippen LogP contribution in [0.25, 0.3) is 0 Å². The molecule has 0 saturated heterocycles. The first-order valence-electron chi connectivity index (χ1n) is 2.73. The Bertz CT molecular complexity index is 344. The Morgan fingerprint density at radius 3 is 2.64 bits per heavy atom. The van der Waals surface area contributed by atoms with Crippen molar-refractivity contribution in [3.8, 4) is 0 Å². The van der Waals surface area contributed by atoms with Crippen molar-refractivity contribution in [2.24, 2.45) is 0 Å². The van der Waals surface area contributed by atoms with E-state index in [0.29, 0.717) is 4.47 Å². The summed E-state index contributed by atoms with van der Waals surface area (Å²) in [4.78, 5) is 23.2. The van der Waals surface area contributed by atoms with Crippen LogP contribution in [0.5, 0.6) is 0 Å². The lowest BCUT2D eigenvalue weighted by Gasteiger charge is -1.95. The lowest BCUT2D eigenvalue weighted by atomic mass is 10.3. The predicted octanol–water partition coefficient (Wildman–Crippen LogP) is 0.836. The molecule has 1 rings (SSSR count). The number of carboxylic acids is 1. The first-order valence-corrected chi connectivity index (χ1v) is 3.52. The molecule has 0 saturated carbocycles. The van der Waals surface area contributed by atoms with E-state index in [1.54, 1.807) is 0 Å². The molecule has 5 heteroatoms. The van der Waals surface area contributed by atoms with E-state index in [2.05, 4.69) is 20.9 Å². The highest BCUT2D eigenvalue weighted by Crippen LogP contribution is 2.10. The first kappa shape index (κ1) is 8.00. The standard InChI is InChI=1S/C6H4BrNO3/c7-3-1-2-4(9)8-5(3)6(10)11/h1-2H,(H,8,9)(H,10,11). The Hall–Kier alpha value is -1.10. The van der Waals surface area contributed by atoms with Crippen molar-refractivity contribution in [3.63, 3.8) is 0 Å². The topological polar surface area (TPSA) is 70.2 Å². The van der Waals surface area contributed by atoms with Crippen molar-refractivity contribution < 1.29 is 9.90 Å². The van der Waals surface area contributed by atoms with Crippen LogP contribution in [-0.2, 0) is 0 Å². The van der Waals surface area contributed by atoms with Gasteiger partial charge < -0.3 is 10.1 Å². The molecule has 0 aromatic carbocycles. The van der Waals surface area contributed by atoms with Gasteiger partial charge in [-0.05, 0) is 22.0 Å². The summed E-state index contributed by atoms with van der Waals surface area (Å²) in [6, 6.07) is 2.64. The SMILES string of the molecule is O=C(O)c1[nH]c(=O)ccc1Br. The zero-order chi connectivity index (χ0) is 8.43. The highest BCUT2D eigenvalue weighted by atomic mass is 79.9. The van der Waals surface area contributed by atoms with Crippen molar-refractivity contribution >= 4 is 21.9 Å². The van der Waals surface area contributed by atoms with Crippen LogP contribution in [0.4, 0.5) is 0 Å². The van der Waals surface area contributed by atoms with Crippen molar-refractivity contribution in [1.82, 2.24) is 4.98 Å². The van der Waals surface area contributed by atoms with Gasteiger partial charge in [0.1, 0.15) is 5.69 Å². The van der Waals surface area contributed by atoms with E-state index < -0.39 is 11.5 Å². The molecular formula is C6H4BrNO3. The van der Waals surface area contributed by atoms with Gasteiger partial charge in [0.25, 0.3) is 0 Å². The van der Waals surface area contributed by atoms with E-state index in [1.165, 1.54) is 12.1 Å². The van der Waals surface area contributed by atoms with Crippen LogP contribution in [-0.4, -0.2) is 16.1 Å². The molecule has 11 heavy (non-hydrogen) atoms. The lowest BCUT2D eigenvalue weighted by molar-refractivity contribution is 0.0689.